The van der Waals surface area contributed by atoms with Crippen molar-refractivity contribution >= 4 is 17.5 Å². The highest BCUT2D eigenvalue weighted by Gasteiger charge is 2.31. The molecule has 1 fully saturated rings. The molecule has 3 aromatic rings. The number of hydrogen-bond donors (Lipinski definition) is 0. The lowest BCUT2D eigenvalue weighted by Crippen LogP contribution is -2.14. The summed E-state index contributed by atoms with van der Waals surface area (Å²) in [6.45, 7) is 4.46. The molecule has 0 spiro atoms. The highest BCUT2D eigenvalue weighted by molar-refractivity contribution is 8.00. The molecule has 7 heteroatoms. The van der Waals surface area contributed by atoms with E-state index in [9.17, 15) is 4.79 Å². The Labute approximate surface area is 168 Å². The first kappa shape index (κ1) is 18.7. The van der Waals surface area contributed by atoms with Gasteiger partial charge in [0, 0.05) is 29.6 Å². The zero-order chi connectivity index (χ0) is 19.5. The summed E-state index contributed by atoms with van der Waals surface area (Å²) in [4.78, 5) is 17.1. The molecule has 1 aliphatic carbocycles. The molecule has 1 aliphatic rings. The van der Waals surface area contributed by atoms with Gasteiger partial charge >= 0.3 is 0 Å². The monoisotopic (exact) mass is 394 g/mol. The number of pyridine rings is 1. The second-order valence-electron chi connectivity index (χ2n) is 6.73. The van der Waals surface area contributed by atoms with Gasteiger partial charge in [-0.3, -0.25) is 14.3 Å². The van der Waals surface area contributed by atoms with Gasteiger partial charge in [-0.1, -0.05) is 11.8 Å². The van der Waals surface area contributed by atoms with Gasteiger partial charge in [0.05, 0.1) is 11.9 Å². The summed E-state index contributed by atoms with van der Waals surface area (Å²) in [7, 11) is 0. The number of Topliss-reactive ketones (excluding diaryl/α,β-unsaturated/α-hetero) is 1. The van der Waals surface area contributed by atoms with E-state index in [0.29, 0.717) is 18.2 Å². The molecule has 1 saturated carbocycles. The molecule has 0 bridgehead atoms. The van der Waals surface area contributed by atoms with Crippen LogP contribution >= 0.6 is 11.8 Å². The molecule has 144 valence electrons. The molecular formula is C21H22N4O2S. The van der Waals surface area contributed by atoms with Crippen LogP contribution in [0.2, 0.25) is 0 Å². The summed E-state index contributed by atoms with van der Waals surface area (Å²) < 4.78 is 7.60. The fraction of sp³-hybridized carbons (Fsp3) is 0.333. The van der Waals surface area contributed by atoms with E-state index in [1.807, 2.05) is 50.2 Å². The summed E-state index contributed by atoms with van der Waals surface area (Å²) in [5, 5.41) is 9.30. The number of rotatable bonds is 8. The minimum absolute atomic E-state index is 0.0707. The van der Waals surface area contributed by atoms with Crippen molar-refractivity contribution in [3.05, 3.63) is 54.4 Å². The Kier molecular flexibility index (Phi) is 5.43. The van der Waals surface area contributed by atoms with Crippen molar-refractivity contribution in [1.29, 1.82) is 0 Å². The van der Waals surface area contributed by atoms with Crippen LogP contribution in [0.4, 0.5) is 0 Å². The predicted octanol–water partition coefficient (Wildman–Crippen LogP) is 4.44. The Bertz CT molecular complexity index is 952. The number of ketones is 1. The van der Waals surface area contributed by atoms with E-state index in [1.54, 1.807) is 12.4 Å². The molecule has 0 radical (unpaired) electrons. The molecule has 2 aromatic heterocycles. The molecule has 1 aromatic carbocycles. The first-order valence-electron chi connectivity index (χ1n) is 9.46. The van der Waals surface area contributed by atoms with Gasteiger partial charge < -0.3 is 4.74 Å². The van der Waals surface area contributed by atoms with E-state index < -0.39 is 0 Å². The van der Waals surface area contributed by atoms with Gasteiger partial charge in [-0.2, -0.15) is 0 Å². The number of nitrogens with zero attached hydrogens (tertiary/aromatic N) is 4. The second-order valence-corrected chi connectivity index (χ2v) is 8.04. The van der Waals surface area contributed by atoms with Crippen molar-refractivity contribution in [1.82, 2.24) is 19.7 Å². The zero-order valence-corrected chi connectivity index (χ0v) is 16.7. The molecule has 0 saturated heterocycles. The average Bonchev–Trinajstić information content (AvgIpc) is 3.49. The van der Waals surface area contributed by atoms with Crippen LogP contribution in [0.25, 0.3) is 11.4 Å². The van der Waals surface area contributed by atoms with Gasteiger partial charge in [-0.15, -0.1) is 10.2 Å². The van der Waals surface area contributed by atoms with Crippen molar-refractivity contribution < 1.29 is 9.53 Å². The van der Waals surface area contributed by atoms with Crippen LogP contribution in [0.1, 0.15) is 43.1 Å². The molecule has 28 heavy (non-hydrogen) atoms. The topological polar surface area (TPSA) is 69.9 Å². The smallest absolute Gasteiger partial charge is 0.192 e. The first-order valence-corrected chi connectivity index (χ1v) is 10.3. The van der Waals surface area contributed by atoms with Gasteiger partial charge in [0.25, 0.3) is 0 Å². The summed E-state index contributed by atoms with van der Waals surface area (Å²) in [5.41, 5.74) is 1.62. The van der Waals surface area contributed by atoms with Gasteiger partial charge in [0.1, 0.15) is 5.75 Å². The Morgan fingerprint density at radius 2 is 2.04 bits per heavy atom. The highest BCUT2D eigenvalue weighted by atomic mass is 32.2. The minimum atomic E-state index is -0.263. The maximum absolute atomic E-state index is 12.9. The first-order chi connectivity index (χ1) is 13.7. The molecule has 0 aliphatic heterocycles. The Hall–Kier alpha value is -2.67. The van der Waals surface area contributed by atoms with Crippen molar-refractivity contribution in [3.63, 3.8) is 0 Å². The predicted molar refractivity (Wildman–Crippen MR) is 109 cm³/mol. The summed E-state index contributed by atoms with van der Waals surface area (Å²) in [6.07, 6.45) is 5.76. The largest absolute Gasteiger partial charge is 0.494 e. The lowest BCUT2D eigenvalue weighted by Gasteiger charge is -2.13. The van der Waals surface area contributed by atoms with Gasteiger partial charge in [0.15, 0.2) is 16.8 Å². The molecule has 6 nitrogen and oxygen atoms in total. The molecule has 0 N–H and O–H groups in total. The zero-order valence-electron chi connectivity index (χ0n) is 15.9. The minimum Gasteiger partial charge on any atom is -0.494 e. The van der Waals surface area contributed by atoms with Crippen molar-refractivity contribution in [2.24, 2.45) is 0 Å². The molecule has 0 amide bonds. The SMILES string of the molecule is CCOc1ccc(C(=O)[C@@H](C)Sc2nnc(-c3cccnc3)n2C2CC2)cc1. The van der Waals surface area contributed by atoms with Crippen molar-refractivity contribution in [2.45, 2.75) is 43.1 Å². The third-order valence-electron chi connectivity index (χ3n) is 4.60. The van der Waals surface area contributed by atoms with E-state index in [1.165, 1.54) is 11.8 Å². The Morgan fingerprint density at radius 3 is 2.68 bits per heavy atom. The maximum atomic E-state index is 12.9. The number of carbonyl (C=O) groups is 1. The van der Waals surface area contributed by atoms with Crippen LogP contribution in [0.15, 0.2) is 53.9 Å². The molecule has 1 atom stereocenters. The van der Waals surface area contributed by atoms with Crippen molar-refractivity contribution in [3.8, 4) is 17.1 Å². The van der Waals surface area contributed by atoms with Gasteiger partial charge in [-0.05, 0) is 63.1 Å². The molecule has 4 rings (SSSR count). The third kappa shape index (κ3) is 3.94. The van der Waals surface area contributed by atoms with Crippen LogP contribution in [0.5, 0.6) is 5.75 Å². The molecule has 0 unspecified atom stereocenters. The second kappa shape index (κ2) is 8.14. The Morgan fingerprint density at radius 1 is 1.25 bits per heavy atom. The summed E-state index contributed by atoms with van der Waals surface area (Å²) in [5.74, 6) is 1.66. The van der Waals surface area contributed by atoms with Crippen LogP contribution in [-0.2, 0) is 0 Å². The third-order valence-corrected chi connectivity index (χ3v) is 5.65. The number of carbonyl (C=O) groups excluding carboxylic acids is 1. The van der Waals surface area contributed by atoms with Crippen LogP contribution in [0.3, 0.4) is 0 Å². The fourth-order valence-electron chi connectivity index (χ4n) is 3.04. The van der Waals surface area contributed by atoms with E-state index in [0.717, 1.165) is 35.1 Å². The normalized spacial score (nSPS) is 14.6. The van der Waals surface area contributed by atoms with Crippen molar-refractivity contribution in [2.75, 3.05) is 6.61 Å². The van der Waals surface area contributed by atoms with Crippen LogP contribution in [0, 0.1) is 0 Å². The van der Waals surface area contributed by atoms with Gasteiger partial charge in [0.2, 0.25) is 0 Å². The number of thioether (sulfide) groups is 1. The van der Waals surface area contributed by atoms with E-state index >= 15 is 0 Å². The lowest BCUT2D eigenvalue weighted by atomic mass is 10.1. The van der Waals surface area contributed by atoms with Crippen LogP contribution < -0.4 is 4.74 Å². The number of benzene rings is 1. The number of ether oxygens (including phenoxy) is 1. The summed E-state index contributed by atoms with van der Waals surface area (Å²) in [6, 6.07) is 11.6. The Balaban J connectivity index is 1.54. The maximum Gasteiger partial charge on any atom is 0.192 e. The van der Waals surface area contributed by atoms with Gasteiger partial charge in [-0.25, -0.2) is 0 Å². The standard InChI is InChI=1S/C21H22N4O2S/c1-3-27-18-10-6-15(7-11-18)19(26)14(2)28-21-24-23-20(25(21)17-8-9-17)16-5-4-12-22-13-16/h4-7,10-14,17H,3,8-9H2,1-2H3/t14-/m1/s1. The molecular weight excluding hydrogens is 372 g/mol. The number of aromatic nitrogens is 4. The van der Waals surface area contributed by atoms with Crippen LogP contribution in [-0.4, -0.2) is 37.4 Å². The van der Waals surface area contributed by atoms with E-state index in [2.05, 4.69) is 19.7 Å². The summed E-state index contributed by atoms with van der Waals surface area (Å²) >= 11 is 1.46. The average molecular weight is 395 g/mol. The van der Waals surface area contributed by atoms with E-state index in [4.69, 9.17) is 4.74 Å². The lowest BCUT2D eigenvalue weighted by molar-refractivity contribution is 0.0994. The highest BCUT2D eigenvalue weighted by Crippen LogP contribution is 2.41. The number of hydrogen-bond acceptors (Lipinski definition) is 6. The fourth-order valence-corrected chi connectivity index (χ4v) is 4.04. The van der Waals surface area contributed by atoms with E-state index in [-0.39, 0.29) is 11.0 Å². The quantitative estimate of drug-likeness (QED) is 0.416. The molecule has 2 heterocycles.